The molecule has 0 radical (unpaired) electrons. The molecule has 0 atom stereocenters. The number of nitrogens with zero attached hydrogens (tertiary/aromatic N) is 6. The Morgan fingerprint density at radius 1 is 0.500 bits per heavy atom. The van der Waals surface area contributed by atoms with Crippen LogP contribution in [0.5, 0.6) is 0 Å². The monoisotopic (exact) mass is 684 g/mol. The fraction of sp³-hybridized carbons (Fsp3) is 0. The van der Waals surface area contributed by atoms with E-state index >= 15 is 0 Å². The number of para-hydroxylation sites is 1. The highest BCUT2D eigenvalue weighted by Crippen LogP contribution is 2.43. The van der Waals surface area contributed by atoms with Crippen molar-refractivity contribution in [3.8, 4) is 62.9 Å². The maximum atomic E-state index is 9.95. The third kappa shape index (κ3) is 4.91. The molecule has 0 aliphatic heterocycles. The second-order valence-corrected chi connectivity index (χ2v) is 13.4. The van der Waals surface area contributed by atoms with Crippen LogP contribution in [0, 0.1) is 11.3 Å². The molecule has 10 aromatic rings. The average Bonchev–Trinajstić information content (AvgIpc) is 3.79. The standard InChI is InChI=1S/C44H24N6OS/c45-25-29-16-7-8-17-30(29)44-46-37-33-18-9-10-21-36(33)52-40(37)38(47-44)34-20-11-19-32-31-23-22-28(24-35(31)51-39(32)34)43-49-41(26-12-3-1-4-13-26)48-42(50-43)27-14-5-2-6-15-27/h1-24H. The van der Waals surface area contributed by atoms with Gasteiger partial charge in [0.2, 0.25) is 0 Å². The van der Waals surface area contributed by atoms with Crippen LogP contribution in [-0.4, -0.2) is 24.9 Å². The minimum absolute atomic E-state index is 0.497. The maximum Gasteiger partial charge on any atom is 0.164 e. The highest BCUT2D eigenvalue weighted by molar-refractivity contribution is 7.26. The van der Waals surface area contributed by atoms with E-state index in [1.54, 1.807) is 17.4 Å². The lowest BCUT2D eigenvalue weighted by Gasteiger charge is -2.08. The quantitative estimate of drug-likeness (QED) is 0.178. The number of hydrogen-bond acceptors (Lipinski definition) is 8. The Bertz CT molecular complexity index is 2980. The van der Waals surface area contributed by atoms with Gasteiger partial charge in [0, 0.05) is 48.7 Å². The molecule has 0 spiro atoms. The summed E-state index contributed by atoms with van der Waals surface area (Å²) in [5, 5.41) is 12.9. The van der Waals surface area contributed by atoms with Gasteiger partial charge in [0.15, 0.2) is 23.3 Å². The fourth-order valence-electron chi connectivity index (χ4n) is 6.73. The smallest absolute Gasteiger partial charge is 0.164 e. The normalized spacial score (nSPS) is 11.4. The number of hydrogen-bond donors (Lipinski definition) is 0. The highest BCUT2D eigenvalue weighted by Gasteiger charge is 2.22. The Hall–Kier alpha value is -7.08. The number of rotatable bonds is 5. The molecule has 0 bridgehead atoms. The Labute approximate surface area is 301 Å². The number of thiophene rings is 1. The molecule has 0 amide bonds. The summed E-state index contributed by atoms with van der Waals surface area (Å²) in [6, 6.07) is 50.2. The SMILES string of the molecule is N#Cc1ccccc1-c1nc(-c2cccc3c2oc2cc(-c4nc(-c5ccccc5)nc(-c5ccccc5)n4)ccc23)c2sc3ccccc3c2n1. The molecule has 0 aliphatic rings. The van der Waals surface area contributed by atoms with Gasteiger partial charge in [0.1, 0.15) is 11.2 Å². The van der Waals surface area contributed by atoms with Crippen molar-refractivity contribution in [1.29, 1.82) is 5.26 Å². The van der Waals surface area contributed by atoms with Crippen LogP contribution >= 0.6 is 11.3 Å². The van der Waals surface area contributed by atoms with Gasteiger partial charge in [-0.1, -0.05) is 109 Å². The number of benzene rings is 6. The Kier molecular flexibility index (Phi) is 6.91. The Morgan fingerprint density at radius 2 is 1.13 bits per heavy atom. The van der Waals surface area contributed by atoms with E-state index in [1.807, 2.05) is 115 Å². The summed E-state index contributed by atoms with van der Waals surface area (Å²) in [4.78, 5) is 24.9. The molecule has 52 heavy (non-hydrogen) atoms. The van der Waals surface area contributed by atoms with Gasteiger partial charge in [-0.3, -0.25) is 0 Å². The number of aromatic nitrogens is 5. The molecule has 0 unspecified atom stereocenters. The van der Waals surface area contributed by atoms with Crippen molar-refractivity contribution >= 4 is 53.6 Å². The van der Waals surface area contributed by atoms with Crippen molar-refractivity contribution in [2.75, 3.05) is 0 Å². The summed E-state index contributed by atoms with van der Waals surface area (Å²) in [6.07, 6.45) is 0. The van der Waals surface area contributed by atoms with Gasteiger partial charge in [-0.05, 0) is 36.4 Å². The van der Waals surface area contributed by atoms with E-state index in [9.17, 15) is 5.26 Å². The van der Waals surface area contributed by atoms with Crippen LogP contribution in [0.4, 0.5) is 0 Å². The third-order valence-corrected chi connectivity index (χ3v) is 10.4. The highest BCUT2D eigenvalue weighted by atomic mass is 32.1. The first-order chi connectivity index (χ1) is 25.7. The van der Waals surface area contributed by atoms with E-state index < -0.39 is 0 Å². The van der Waals surface area contributed by atoms with Crippen LogP contribution in [0.15, 0.2) is 150 Å². The van der Waals surface area contributed by atoms with Gasteiger partial charge in [-0.2, -0.15) is 5.26 Å². The molecule has 0 saturated carbocycles. The van der Waals surface area contributed by atoms with Crippen molar-refractivity contribution in [3.63, 3.8) is 0 Å². The van der Waals surface area contributed by atoms with Crippen LogP contribution in [0.2, 0.25) is 0 Å². The van der Waals surface area contributed by atoms with Crippen molar-refractivity contribution in [1.82, 2.24) is 24.9 Å². The van der Waals surface area contributed by atoms with Crippen molar-refractivity contribution in [2.24, 2.45) is 0 Å². The van der Waals surface area contributed by atoms with E-state index in [4.69, 9.17) is 29.3 Å². The molecular weight excluding hydrogens is 661 g/mol. The van der Waals surface area contributed by atoms with E-state index in [0.717, 1.165) is 64.6 Å². The van der Waals surface area contributed by atoms with Crippen molar-refractivity contribution < 1.29 is 4.42 Å². The number of nitriles is 1. The van der Waals surface area contributed by atoms with E-state index in [2.05, 4.69) is 30.3 Å². The van der Waals surface area contributed by atoms with Crippen molar-refractivity contribution in [3.05, 3.63) is 151 Å². The number of furan rings is 1. The topological polar surface area (TPSA) is 101 Å². The average molecular weight is 685 g/mol. The maximum absolute atomic E-state index is 9.95. The fourth-order valence-corrected chi connectivity index (χ4v) is 7.88. The van der Waals surface area contributed by atoms with Crippen molar-refractivity contribution in [2.45, 2.75) is 0 Å². The lowest BCUT2D eigenvalue weighted by Crippen LogP contribution is -2.00. The zero-order valence-electron chi connectivity index (χ0n) is 27.4. The summed E-state index contributed by atoms with van der Waals surface area (Å²) >= 11 is 1.66. The summed E-state index contributed by atoms with van der Waals surface area (Å²) < 4.78 is 8.84. The molecule has 7 nitrogen and oxygen atoms in total. The molecule has 0 N–H and O–H groups in total. The first kappa shape index (κ1) is 29.8. The third-order valence-electron chi connectivity index (χ3n) is 9.22. The molecule has 4 heterocycles. The van der Waals surface area contributed by atoms with Gasteiger partial charge in [-0.25, -0.2) is 24.9 Å². The van der Waals surface area contributed by atoms with Gasteiger partial charge >= 0.3 is 0 Å². The minimum Gasteiger partial charge on any atom is -0.455 e. The summed E-state index contributed by atoms with van der Waals surface area (Å²) in [5.41, 5.74) is 7.73. The predicted octanol–water partition coefficient (Wildman–Crippen LogP) is 11.1. The summed E-state index contributed by atoms with van der Waals surface area (Å²) in [6.45, 7) is 0. The van der Waals surface area contributed by atoms with Gasteiger partial charge in [0.05, 0.1) is 27.5 Å². The molecule has 4 aromatic heterocycles. The Balaban J connectivity index is 1.18. The van der Waals surface area contributed by atoms with E-state index in [-0.39, 0.29) is 0 Å². The zero-order valence-corrected chi connectivity index (χ0v) is 28.2. The van der Waals surface area contributed by atoms with Crippen LogP contribution in [0.1, 0.15) is 5.56 Å². The van der Waals surface area contributed by atoms with Gasteiger partial charge < -0.3 is 4.42 Å². The Morgan fingerprint density at radius 3 is 1.88 bits per heavy atom. The van der Waals surface area contributed by atoms with Crippen LogP contribution in [-0.2, 0) is 0 Å². The second kappa shape index (κ2) is 12.1. The van der Waals surface area contributed by atoms with Crippen LogP contribution in [0.25, 0.3) is 99.1 Å². The molecule has 10 rings (SSSR count). The van der Waals surface area contributed by atoms with Gasteiger partial charge in [0.25, 0.3) is 0 Å². The molecule has 0 saturated heterocycles. The van der Waals surface area contributed by atoms with Gasteiger partial charge in [-0.15, -0.1) is 11.3 Å². The van der Waals surface area contributed by atoms with E-state index in [1.165, 1.54) is 0 Å². The summed E-state index contributed by atoms with van der Waals surface area (Å²) in [5.74, 6) is 2.25. The first-order valence-corrected chi connectivity index (χ1v) is 17.6. The zero-order chi connectivity index (χ0) is 34.6. The lowest BCUT2D eigenvalue weighted by atomic mass is 10.0. The van der Waals surface area contributed by atoms with Crippen LogP contribution in [0.3, 0.4) is 0 Å². The lowest BCUT2D eigenvalue weighted by molar-refractivity contribution is 0.670. The molecule has 8 heteroatoms. The molecule has 0 aliphatic carbocycles. The minimum atomic E-state index is 0.497. The largest absolute Gasteiger partial charge is 0.455 e. The first-order valence-electron chi connectivity index (χ1n) is 16.7. The molecular formula is C44H24N6OS. The summed E-state index contributed by atoms with van der Waals surface area (Å²) in [7, 11) is 0. The molecule has 6 aromatic carbocycles. The molecule has 0 fully saturated rings. The number of fused-ring (bicyclic) bond motifs is 6. The van der Waals surface area contributed by atoms with E-state index in [0.29, 0.717) is 40.0 Å². The predicted molar refractivity (Wildman–Crippen MR) is 207 cm³/mol. The second-order valence-electron chi connectivity index (χ2n) is 12.4. The molecule has 242 valence electrons. The van der Waals surface area contributed by atoms with Crippen LogP contribution < -0.4 is 0 Å².